The lowest BCUT2D eigenvalue weighted by Crippen LogP contribution is -2.11. The summed E-state index contributed by atoms with van der Waals surface area (Å²) < 4.78 is 2.27. The molecule has 84 valence electrons. The molecular formula is C13H21NO. The fourth-order valence-electron chi connectivity index (χ4n) is 2.03. The molecular weight excluding hydrogens is 186 g/mol. The van der Waals surface area contributed by atoms with Gasteiger partial charge in [0, 0.05) is 23.5 Å². The van der Waals surface area contributed by atoms with E-state index in [9.17, 15) is 4.79 Å². The van der Waals surface area contributed by atoms with Crippen molar-refractivity contribution in [2.75, 3.05) is 0 Å². The Balaban J connectivity index is 2.93. The van der Waals surface area contributed by atoms with Gasteiger partial charge in [-0.1, -0.05) is 26.7 Å². The number of aryl methyl sites for hydroxylation is 1. The van der Waals surface area contributed by atoms with Crippen molar-refractivity contribution in [3.05, 3.63) is 23.0 Å². The summed E-state index contributed by atoms with van der Waals surface area (Å²) in [6.07, 6.45) is 3.35. The van der Waals surface area contributed by atoms with E-state index in [2.05, 4.69) is 25.3 Å². The van der Waals surface area contributed by atoms with E-state index in [1.54, 1.807) is 0 Å². The molecule has 0 spiro atoms. The van der Waals surface area contributed by atoms with Gasteiger partial charge in [-0.25, -0.2) is 0 Å². The fraction of sp³-hybridized carbons (Fsp3) is 0.615. The van der Waals surface area contributed by atoms with Gasteiger partial charge in [-0.2, -0.15) is 0 Å². The Morgan fingerprint density at radius 2 is 1.93 bits per heavy atom. The number of aldehydes is 1. The standard InChI is InChI=1S/C13H21NO/c1-5-12(6-2)8-14-10(3)7-13(9-15)11(14)4/h7,9,12H,5-6,8H2,1-4H3. The molecule has 1 heterocycles. The summed E-state index contributed by atoms with van der Waals surface area (Å²) in [5.74, 6) is 0.717. The molecule has 0 saturated carbocycles. The fourth-order valence-corrected chi connectivity index (χ4v) is 2.03. The summed E-state index contributed by atoms with van der Waals surface area (Å²) in [6, 6.07) is 1.98. The van der Waals surface area contributed by atoms with Crippen LogP contribution in [0.4, 0.5) is 0 Å². The van der Waals surface area contributed by atoms with Gasteiger partial charge in [0.05, 0.1) is 0 Å². The maximum absolute atomic E-state index is 10.8. The minimum absolute atomic E-state index is 0.717. The number of hydrogen-bond acceptors (Lipinski definition) is 1. The lowest BCUT2D eigenvalue weighted by Gasteiger charge is -2.16. The number of aromatic nitrogens is 1. The second-order valence-corrected chi connectivity index (χ2v) is 4.24. The van der Waals surface area contributed by atoms with E-state index in [-0.39, 0.29) is 0 Å². The summed E-state index contributed by atoms with van der Waals surface area (Å²) in [5, 5.41) is 0. The first-order valence-electron chi connectivity index (χ1n) is 5.75. The van der Waals surface area contributed by atoms with Crippen molar-refractivity contribution >= 4 is 6.29 Å². The smallest absolute Gasteiger partial charge is 0.151 e. The van der Waals surface area contributed by atoms with Gasteiger partial charge in [-0.3, -0.25) is 4.79 Å². The Morgan fingerprint density at radius 1 is 1.33 bits per heavy atom. The Hall–Kier alpha value is -1.05. The van der Waals surface area contributed by atoms with E-state index in [0.29, 0.717) is 5.92 Å². The van der Waals surface area contributed by atoms with Crippen molar-refractivity contribution in [2.45, 2.75) is 47.1 Å². The first-order valence-corrected chi connectivity index (χ1v) is 5.75. The maximum atomic E-state index is 10.8. The molecule has 0 atom stereocenters. The van der Waals surface area contributed by atoms with Crippen LogP contribution in [0.15, 0.2) is 6.07 Å². The van der Waals surface area contributed by atoms with Crippen LogP contribution in [0.5, 0.6) is 0 Å². The van der Waals surface area contributed by atoms with Gasteiger partial charge in [0.2, 0.25) is 0 Å². The van der Waals surface area contributed by atoms with Crippen LogP contribution in [-0.4, -0.2) is 10.9 Å². The van der Waals surface area contributed by atoms with E-state index >= 15 is 0 Å². The molecule has 15 heavy (non-hydrogen) atoms. The second kappa shape index (κ2) is 5.15. The number of carbonyl (C=O) groups is 1. The minimum atomic E-state index is 0.717. The molecule has 0 aliphatic heterocycles. The first kappa shape index (κ1) is 12.0. The molecule has 0 aliphatic carbocycles. The van der Waals surface area contributed by atoms with Gasteiger partial charge in [0.1, 0.15) is 0 Å². The Kier molecular flexibility index (Phi) is 4.13. The van der Waals surface area contributed by atoms with E-state index in [1.165, 1.54) is 18.5 Å². The maximum Gasteiger partial charge on any atom is 0.151 e. The van der Waals surface area contributed by atoms with Crippen LogP contribution in [0, 0.1) is 19.8 Å². The quantitative estimate of drug-likeness (QED) is 0.679. The zero-order valence-corrected chi connectivity index (χ0v) is 10.2. The predicted molar refractivity (Wildman–Crippen MR) is 63.4 cm³/mol. The third kappa shape index (κ3) is 2.49. The third-order valence-corrected chi connectivity index (χ3v) is 3.34. The average Bonchev–Trinajstić information content (AvgIpc) is 2.51. The summed E-state index contributed by atoms with van der Waals surface area (Å²) in [7, 11) is 0. The molecule has 1 aromatic rings. The van der Waals surface area contributed by atoms with Crippen LogP contribution < -0.4 is 0 Å². The highest BCUT2D eigenvalue weighted by molar-refractivity contribution is 5.77. The molecule has 0 amide bonds. The normalized spacial score (nSPS) is 11.0. The van der Waals surface area contributed by atoms with E-state index in [0.717, 1.165) is 24.1 Å². The lowest BCUT2D eigenvalue weighted by molar-refractivity contribution is 0.112. The summed E-state index contributed by atoms with van der Waals surface area (Å²) in [5.41, 5.74) is 3.13. The zero-order valence-electron chi connectivity index (χ0n) is 10.2. The molecule has 0 bridgehead atoms. The highest BCUT2D eigenvalue weighted by atomic mass is 16.1. The largest absolute Gasteiger partial charge is 0.348 e. The summed E-state index contributed by atoms with van der Waals surface area (Å²) in [4.78, 5) is 10.8. The highest BCUT2D eigenvalue weighted by Crippen LogP contribution is 2.18. The van der Waals surface area contributed by atoms with Crippen LogP contribution in [0.2, 0.25) is 0 Å². The molecule has 2 heteroatoms. The van der Waals surface area contributed by atoms with Gasteiger partial charge < -0.3 is 4.57 Å². The topological polar surface area (TPSA) is 22.0 Å². The Bertz CT molecular complexity index is 335. The number of nitrogens with zero attached hydrogens (tertiary/aromatic N) is 1. The molecule has 0 aromatic carbocycles. The molecule has 0 fully saturated rings. The predicted octanol–water partition coefficient (Wildman–Crippen LogP) is 3.35. The first-order chi connectivity index (χ1) is 7.13. The Labute approximate surface area is 92.3 Å². The zero-order chi connectivity index (χ0) is 11.4. The summed E-state index contributed by atoms with van der Waals surface area (Å²) >= 11 is 0. The van der Waals surface area contributed by atoms with Gasteiger partial charge in [0.15, 0.2) is 6.29 Å². The van der Waals surface area contributed by atoms with Gasteiger partial charge >= 0.3 is 0 Å². The van der Waals surface area contributed by atoms with Crippen molar-refractivity contribution in [2.24, 2.45) is 5.92 Å². The molecule has 2 nitrogen and oxygen atoms in total. The highest BCUT2D eigenvalue weighted by Gasteiger charge is 2.11. The van der Waals surface area contributed by atoms with E-state index < -0.39 is 0 Å². The molecule has 0 saturated heterocycles. The van der Waals surface area contributed by atoms with E-state index in [1.807, 2.05) is 13.0 Å². The number of carbonyl (C=O) groups excluding carboxylic acids is 1. The second-order valence-electron chi connectivity index (χ2n) is 4.24. The van der Waals surface area contributed by atoms with Crippen molar-refractivity contribution in [1.82, 2.24) is 4.57 Å². The van der Waals surface area contributed by atoms with Crippen molar-refractivity contribution < 1.29 is 4.79 Å². The van der Waals surface area contributed by atoms with Gasteiger partial charge in [-0.15, -0.1) is 0 Å². The summed E-state index contributed by atoms with van der Waals surface area (Å²) in [6.45, 7) is 9.59. The van der Waals surface area contributed by atoms with Gasteiger partial charge in [-0.05, 0) is 25.8 Å². The third-order valence-electron chi connectivity index (χ3n) is 3.34. The van der Waals surface area contributed by atoms with Crippen molar-refractivity contribution in [1.29, 1.82) is 0 Å². The Morgan fingerprint density at radius 3 is 2.33 bits per heavy atom. The number of rotatable bonds is 5. The molecule has 0 aliphatic rings. The van der Waals surface area contributed by atoms with Crippen LogP contribution in [0.25, 0.3) is 0 Å². The minimum Gasteiger partial charge on any atom is -0.348 e. The van der Waals surface area contributed by atoms with Crippen LogP contribution in [0.3, 0.4) is 0 Å². The SMILES string of the molecule is CCC(CC)Cn1c(C)cc(C=O)c1C. The van der Waals surface area contributed by atoms with E-state index in [4.69, 9.17) is 0 Å². The van der Waals surface area contributed by atoms with Gasteiger partial charge in [0.25, 0.3) is 0 Å². The van der Waals surface area contributed by atoms with Crippen LogP contribution >= 0.6 is 0 Å². The van der Waals surface area contributed by atoms with Crippen molar-refractivity contribution in [3.8, 4) is 0 Å². The van der Waals surface area contributed by atoms with Crippen LogP contribution in [0.1, 0.15) is 48.4 Å². The monoisotopic (exact) mass is 207 g/mol. The molecule has 1 aromatic heterocycles. The molecule has 1 rings (SSSR count). The van der Waals surface area contributed by atoms with Crippen LogP contribution in [-0.2, 0) is 6.54 Å². The molecule has 0 N–H and O–H groups in total. The lowest BCUT2D eigenvalue weighted by atomic mass is 10.0. The number of hydrogen-bond donors (Lipinski definition) is 0. The van der Waals surface area contributed by atoms with Crippen molar-refractivity contribution in [3.63, 3.8) is 0 Å². The molecule has 0 radical (unpaired) electrons. The molecule has 0 unspecified atom stereocenters. The average molecular weight is 207 g/mol.